The van der Waals surface area contributed by atoms with Crippen molar-refractivity contribution in [2.75, 3.05) is 6.54 Å². The number of pyridine rings is 1. The summed E-state index contributed by atoms with van der Waals surface area (Å²) < 4.78 is 42.5. The highest BCUT2D eigenvalue weighted by molar-refractivity contribution is 5.93. The van der Waals surface area contributed by atoms with Crippen molar-refractivity contribution in [3.8, 4) is 18.3 Å². The Balaban J connectivity index is 1.76. The molecule has 1 atom stereocenters. The number of terminal acetylenes is 1. The van der Waals surface area contributed by atoms with Gasteiger partial charge in [-0.15, -0.1) is 6.42 Å². The van der Waals surface area contributed by atoms with Crippen LogP contribution in [0.3, 0.4) is 0 Å². The van der Waals surface area contributed by atoms with Crippen LogP contribution < -0.4 is 0 Å². The van der Waals surface area contributed by atoms with Crippen LogP contribution in [-0.4, -0.2) is 47.1 Å². The van der Waals surface area contributed by atoms with E-state index in [0.29, 0.717) is 12.4 Å². The first-order valence-corrected chi connectivity index (χ1v) is 11.1. The summed E-state index contributed by atoms with van der Waals surface area (Å²) in [6, 6.07) is 2.68. The van der Waals surface area contributed by atoms with Gasteiger partial charge in [-0.2, -0.15) is 23.0 Å². The summed E-state index contributed by atoms with van der Waals surface area (Å²) >= 11 is 0. The molecule has 1 saturated carbocycles. The first-order chi connectivity index (χ1) is 16.5. The minimum absolute atomic E-state index is 0.00180. The highest BCUT2D eigenvalue weighted by Gasteiger charge is 2.37. The molecule has 3 aromatic rings. The van der Waals surface area contributed by atoms with Crippen molar-refractivity contribution in [2.45, 2.75) is 51.2 Å². The average Bonchev–Trinajstić information content (AvgIpc) is 3.53. The van der Waals surface area contributed by atoms with E-state index in [1.165, 1.54) is 15.9 Å². The van der Waals surface area contributed by atoms with Gasteiger partial charge in [0.2, 0.25) is 0 Å². The Bertz CT molecular complexity index is 1260. The smallest absolute Gasteiger partial charge is 0.327 e. The molecule has 11 heteroatoms. The van der Waals surface area contributed by atoms with Crippen LogP contribution in [0.1, 0.15) is 67.2 Å². The molecule has 3 heterocycles. The second kappa shape index (κ2) is 9.09. The number of hydrogen-bond donors (Lipinski definition) is 0. The summed E-state index contributed by atoms with van der Waals surface area (Å²) in [4.78, 5) is 32.1. The van der Waals surface area contributed by atoms with E-state index in [0.717, 1.165) is 25.0 Å². The second-order valence-electron chi connectivity index (χ2n) is 9.05. The van der Waals surface area contributed by atoms with Gasteiger partial charge in [0.05, 0.1) is 22.7 Å². The summed E-state index contributed by atoms with van der Waals surface area (Å²) in [7, 11) is 0. The molecule has 0 aliphatic heterocycles. The lowest BCUT2D eigenvalue weighted by atomic mass is 9.89. The minimum atomic E-state index is -4.67. The molecule has 0 bridgehead atoms. The van der Waals surface area contributed by atoms with Crippen molar-refractivity contribution in [3.05, 3.63) is 59.7 Å². The monoisotopic (exact) mass is 483 g/mol. The summed E-state index contributed by atoms with van der Waals surface area (Å²) in [6.07, 6.45) is 7.14. The summed E-state index contributed by atoms with van der Waals surface area (Å²) in [5.41, 5.74) is -2.41. The Morgan fingerprint density at radius 2 is 1.91 bits per heavy atom. The molecule has 0 saturated heterocycles. The van der Waals surface area contributed by atoms with E-state index < -0.39 is 29.1 Å². The van der Waals surface area contributed by atoms with Gasteiger partial charge in [-0.3, -0.25) is 4.79 Å². The van der Waals surface area contributed by atoms with Crippen LogP contribution in [0.4, 0.5) is 13.2 Å². The fourth-order valence-corrected chi connectivity index (χ4v) is 3.57. The molecule has 182 valence electrons. The quantitative estimate of drug-likeness (QED) is 0.472. The van der Waals surface area contributed by atoms with Crippen LogP contribution in [0.2, 0.25) is 0 Å². The fraction of sp³-hybridized carbons (Fsp3) is 0.417. The van der Waals surface area contributed by atoms with Crippen LogP contribution in [0.15, 0.2) is 36.9 Å². The molecular formula is C24H24F3N7O. The van der Waals surface area contributed by atoms with E-state index in [1.54, 1.807) is 39.2 Å². The number of alkyl halides is 3. The lowest BCUT2D eigenvalue weighted by Crippen LogP contribution is -2.37. The fourth-order valence-electron chi connectivity index (χ4n) is 3.57. The minimum Gasteiger partial charge on any atom is -0.327 e. The van der Waals surface area contributed by atoms with Gasteiger partial charge in [0, 0.05) is 18.9 Å². The van der Waals surface area contributed by atoms with Crippen LogP contribution in [0.25, 0.3) is 5.95 Å². The molecule has 0 radical (unpaired) electrons. The summed E-state index contributed by atoms with van der Waals surface area (Å²) in [5, 5.41) is 4.18. The summed E-state index contributed by atoms with van der Waals surface area (Å²) in [5.74, 6) is 2.70. The van der Waals surface area contributed by atoms with Gasteiger partial charge in [0.25, 0.3) is 11.9 Å². The third-order valence-corrected chi connectivity index (χ3v) is 5.94. The largest absolute Gasteiger partial charge is 0.416 e. The van der Waals surface area contributed by atoms with Gasteiger partial charge >= 0.3 is 6.18 Å². The third-order valence-electron chi connectivity index (χ3n) is 5.94. The van der Waals surface area contributed by atoms with E-state index >= 15 is 0 Å². The number of halogens is 3. The SMILES string of the molecule is C#CC(C)(C)c1cc(C(F)(F)F)cc(C(=O)N(CC2CC2)C(C)c2ncnn2-c2ncccn2)n1. The Labute approximate surface area is 200 Å². The average molecular weight is 483 g/mol. The number of amides is 1. The van der Waals surface area contributed by atoms with Crippen molar-refractivity contribution in [1.29, 1.82) is 0 Å². The van der Waals surface area contributed by atoms with Gasteiger partial charge in [-0.25, -0.2) is 19.9 Å². The predicted molar refractivity (Wildman–Crippen MR) is 120 cm³/mol. The number of aromatic nitrogens is 6. The van der Waals surface area contributed by atoms with Gasteiger partial charge in [0.15, 0.2) is 5.82 Å². The Kier molecular flexibility index (Phi) is 6.32. The van der Waals surface area contributed by atoms with Crippen molar-refractivity contribution in [2.24, 2.45) is 5.92 Å². The molecular weight excluding hydrogens is 459 g/mol. The van der Waals surface area contributed by atoms with E-state index in [2.05, 4.69) is 31.0 Å². The Hall–Kier alpha value is -3.81. The molecule has 35 heavy (non-hydrogen) atoms. The molecule has 0 N–H and O–H groups in total. The molecule has 8 nitrogen and oxygen atoms in total. The molecule has 1 amide bonds. The maximum Gasteiger partial charge on any atom is 0.416 e. The highest BCUT2D eigenvalue weighted by Crippen LogP contribution is 2.35. The number of hydrogen-bond acceptors (Lipinski definition) is 6. The van der Waals surface area contributed by atoms with Crippen LogP contribution >= 0.6 is 0 Å². The third kappa shape index (κ3) is 5.16. The molecule has 3 aromatic heterocycles. The van der Waals surface area contributed by atoms with E-state index in [9.17, 15) is 18.0 Å². The number of nitrogens with zero attached hydrogens (tertiary/aromatic N) is 7. The van der Waals surface area contributed by atoms with Crippen LogP contribution in [0, 0.1) is 18.3 Å². The molecule has 1 aliphatic carbocycles. The molecule has 0 spiro atoms. The molecule has 4 rings (SSSR count). The second-order valence-corrected chi connectivity index (χ2v) is 9.05. The summed E-state index contributed by atoms with van der Waals surface area (Å²) in [6.45, 7) is 5.24. The number of carbonyl (C=O) groups excluding carboxylic acids is 1. The topological polar surface area (TPSA) is 89.7 Å². The number of rotatable bonds is 7. The Morgan fingerprint density at radius 3 is 2.51 bits per heavy atom. The zero-order valence-electron chi connectivity index (χ0n) is 19.5. The van der Waals surface area contributed by atoms with Crippen molar-refractivity contribution in [1.82, 2.24) is 34.6 Å². The lowest BCUT2D eigenvalue weighted by Gasteiger charge is -2.29. The highest BCUT2D eigenvalue weighted by atomic mass is 19.4. The van der Waals surface area contributed by atoms with Gasteiger partial charge in [-0.05, 0) is 57.7 Å². The normalized spacial score (nSPS) is 14.9. The van der Waals surface area contributed by atoms with Crippen molar-refractivity contribution >= 4 is 5.91 Å². The van der Waals surface area contributed by atoms with Crippen LogP contribution in [0.5, 0.6) is 0 Å². The van der Waals surface area contributed by atoms with Gasteiger partial charge in [0.1, 0.15) is 12.0 Å². The predicted octanol–water partition coefficient (Wildman–Crippen LogP) is 4.00. The molecule has 1 fully saturated rings. The van der Waals surface area contributed by atoms with Gasteiger partial charge in [-0.1, -0.05) is 5.92 Å². The van der Waals surface area contributed by atoms with Crippen LogP contribution in [-0.2, 0) is 11.6 Å². The standard InChI is InChI=1S/C24H24F3N7O/c1-5-23(3,4)19-12-17(24(25,26)27)11-18(32-19)21(35)33(13-16-7-8-16)15(2)20-30-14-31-34(20)22-28-9-6-10-29-22/h1,6,9-12,14-16H,7-8,13H2,2-4H3. The zero-order valence-corrected chi connectivity index (χ0v) is 19.5. The van der Waals surface area contributed by atoms with Crippen molar-refractivity contribution < 1.29 is 18.0 Å². The lowest BCUT2D eigenvalue weighted by molar-refractivity contribution is -0.137. The molecule has 0 aromatic carbocycles. The van der Waals surface area contributed by atoms with Gasteiger partial charge < -0.3 is 4.90 Å². The van der Waals surface area contributed by atoms with E-state index in [4.69, 9.17) is 6.42 Å². The van der Waals surface area contributed by atoms with E-state index in [1.807, 2.05) is 0 Å². The number of carbonyl (C=O) groups is 1. The van der Waals surface area contributed by atoms with Crippen molar-refractivity contribution in [3.63, 3.8) is 0 Å². The Morgan fingerprint density at radius 1 is 1.23 bits per heavy atom. The maximum absolute atomic E-state index is 13.7. The maximum atomic E-state index is 13.7. The molecule has 1 aliphatic rings. The zero-order chi connectivity index (χ0) is 25.4. The first-order valence-electron chi connectivity index (χ1n) is 11.1. The first kappa shape index (κ1) is 24.3. The molecule has 1 unspecified atom stereocenters. The van der Waals surface area contributed by atoms with E-state index in [-0.39, 0.29) is 23.3 Å².